The third-order valence-corrected chi connectivity index (χ3v) is 8.37. The smallest absolute Gasteiger partial charge is 0.293 e. The Labute approximate surface area is 278 Å². The zero-order valence-electron chi connectivity index (χ0n) is 28.8. The number of rotatable bonds is 16. The Hall–Kier alpha value is -3.95. The van der Waals surface area contributed by atoms with E-state index >= 15 is 0 Å². The zero-order valence-corrected chi connectivity index (χ0v) is 28.8. The summed E-state index contributed by atoms with van der Waals surface area (Å²) < 4.78 is 4.82. The minimum atomic E-state index is -0.0693. The maximum absolute atomic E-state index is 10.4. The van der Waals surface area contributed by atoms with Crippen molar-refractivity contribution in [2.24, 2.45) is 5.92 Å². The van der Waals surface area contributed by atoms with Crippen molar-refractivity contribution >= 4 is 6.47 Å². The van der Waals surface area contributed by atoms with Gasteiger partial charge in [0.05, 0.1) is 6.61 Å². The first-order chi connectivity index (χ1) is 22.3. The Balaban J connectivity index is 0.00000136. The number of aliphatic hydroxyl groups excluding tert-OH is 1. The number of unbranched alkanes of at least 4 members (excludes halogenated alkanes) is 2. The molecule has 1 N–H and O–H groups in total. The number of hydrogen-bond donors (Lipinski definition) is 1. The Morgan fingerprint density at radius 1 is 0.761 bits per heavy atom. The van der Waals surface area contributed by atoms with E-state index in [9.17, 15) is 9.90 Å². The van der Waals surface area contributed by atoms with Gasteiger partial charge in [-0.1, -0.05) is 117 Å². The van der Waals surface area contributed by atoms with Crippen LogP contribution in [0.2, 0.25) is 0 Å². The molecule has 1 unspecified atom stereocenters. The number of hydrogen-bond acceptors (Lipinski definition) is 3. The summed E-state index contributed by atoms with van der Waals surface area (Å²) in [6.07, 6.45) is 8.75. The molecule has 4 aromatic rings. The molecule has 0 aliphatic carbocycles. The van der Waals surface area contributed by atoms with E-state index in [1.165, 1.54) is 81.3 Å². The van der Waals surface area contributed by atoms with Crippen molar-refractivity contribution < 1.29 is 14.6 Å². The normalized spacial score (nSPS) is 11.3. The van der Waals surface area contributed by atoms with Crippen molar-refractivity contribution in [2.45, 2.75) is 86.0 Å². The fraction of sp³-hybridized carbons (Fsp3) is 0.372. The van der Waals surface area contributed by atoms with E-state index in [0.29, 0.717) is 12.9 Å². The van der Waals surface area contributed by atoms with E-state index in [1.807, 2.05) is 13.8 Å². The van der Waals surface area contributed by atoms with Crippen molar-refractivity contribution in [1.29, 1.82) is 0 Å². The average Bonchev–Trinajstić information content (AvgIpc) is 3.06. The lowest BCUT2D eigenvalue weighted by Gasteiger charge is -2.14. The lowest BCUT2D eigenvalue weighted by atomic mass is 9.91. The number of carbonyl (C=O) groups excluding carboxylic acids is 1. The van der Waals surface area contributed by atoms with Gasteiger partial charge in [-0.05, 0) is 115 Å². The molecule has 4 aromatic carbocycles. The van der Waals surface area contributed by atoms with E-state index in [4.69, 9.17) is 4.74 Å². The topological polar surface area (TPSA) is 46.5 Å². The van der Waals surface area contributed by atoms with E-state index in [2.05, 4.69) is 112 Å². The maximum Gasteiger partial charge on any atom is 0.293 e. The van der Waals surface area contributed by atoms with E-state index in [0.717, 1.165) is 24.8 Å². The number of aliphatic hydroxyl groups is 1. The number of carbonyl (C=O) groups is 1. The number of aryl methyl sites for hydroxylation is 5. The van der Waals surface area contributed by atoms with Gasteiger partial charge in [0.1, 0.15) is 0 Å². The molecular weight excluding hydrogens is 564 g/mol. The molecule has 0 radical (unpaired) electrons. The first kappa shape index (κ1) is 36.5. The van der Waals surface area contributed by atoms with Crippen LogP contribution in [0.15, 0.2) is 97.1 Å². The number of ether oxygens (including phenoxy) is 1. The monoisotopic (exact) mass is 618 g/mol. The first-order valence-corrected chi connectivity index (χ1v) is 17.0. The summed E-state index contributed by atoms with van der Waals surface area (Å²) in [5, 5.41) is 9.50. The van der Waals surface area contributed by atoms with Gasteiger partial charge in [0, 0.05) is 12.5 Å². The van der Waals surface area contributed by atoms with Gasteiger partial charge in [-0.3, -0.25) is 4.79 Å². The Morgan fingerprint density at radius 2 is 1.35 bits per heavy atom. The maximum atomic E-state index is 10.4. The highest BCUT2D eigenvalue weighted by atomic mass is 16.5. The molecule has 0 heterocycles. The summed E-state index contributed by atoms with van der Waals surface area (Å²) in [5.74, 6) is -0.0693. The van der Waals surface area contributed by atoms with Crippen molar-refractivity contribution in [3.8, 4) is 22.3 Å². The SMILES string of the molecule is C=C(C)C.CCCCCc1ccc(-c2ccc(-c3ccc(CCc4ccc(CC(CO)COC=O)cc4)cc3)cc2C)cc1CC. The van der Waals surface area contributed by atoms with Crippen molar-refractivity contribution in [3.05, 3.63) is 130 Å². The van der Waals surface area contributed by atoms with Gasteiger partial charge in [0.2, 0.25) is 0 Å². The summed E-state index contributed by atoms with van der Waals surface area (Å²) in [6, 6.07) is 31.4. The molecule has 0 aromatic heterocycles. The first-order valence-electron chi connectivity index (χ1n) is 17.0. The molecule has 0 bridgehead atoms. The van der Waals surface area contributed by atoms with Crippen LogP contribution in [-0.2, 0) is 41.6 Å². The highest BCUT2D eigenvalue weighted by Crippen LogP contribution is 2.31. The second-order valence-electron chi connectivity index (χ2n) is 12.7. The van der Waals surface area contributed by atoms with Crippen LogP contribution in [0.4, 0.5) is 0 Å². The highest BCUT2D eigenvalue weighted by Gasteiger charge is 2.10. The van der Waals surface area contributed by atoms with Crippen LogP contribution in [0.5, 0.6) is 0 Å². The Bertz CT molecular complexity index is 1490. The Kier molecular flexibility index (Phi) is 15.5. The van der Waals surface area contributed by atoms with Crippen LogP contribution in [0.25, 0.3) is 22.3 Å². The fourth-order valence-corrected chi connectivity index (χ4v) is 5.78. The summed E-state index contributed by atoms with van der Waals surface area (Å²) in [7, 11) is 0. The van der Waals surface area contributed by atoms with Gasteiger partial charge in [-0.15, -0.1) is 6.58 Å². The van der Waals surface area contributed by atoms with E-state index in [1.54, 1.807) is 0 Å². The van der Waals surface area contributed by atoms with Crippen molar-refractivity contribution in [2.75, 3.05) is 13.2 Å². The summed E-state index contributed by atoms with van der Waals surface area (Å²) >= 11 is 0. The van der Waals surface area contributed by atoms with Crippen LogP contribution >= 0.6 is 0 Å². The predicted octanol–water partition coefficient (Wildman–Crippen LogP) is 10.3. The average molecular weight is 619 g/mol. The van der Waals surface area contributed by atoms with Gasteiger partial charge < -0.3 is 9.84 Å². The highest BCUT2D eigenvalue weighted by molar-refractivity contribution is 5.74. The van der Waals surface area contributed by atoms with Gasteiger partial charge in [-0.2, -0.15) is 0 Å². The molecule has 0 saturated heterocycles. The van der Waals surface area contributed by atoms with Crippen LogP contribution in [0.3, 0.4) is 0 Å². The minimum Gasteiger partial charge on any atom is -0.468 e. The molecule has 244 valence electrons. The lowest BCUT2D eigenvalue weighted by molar-refractivity contribution is -0.130. The van der Waals surface area contributed by atoms with Gasteiger partial charge in [0.15, 0.2) is 0 Å². The number of allylic oxidation sites excluding steroid dienone is 1. The largest absolute Gasteiger partial charge is 0.468 e. The number of benzene rings is 4. The van der Waals surface area contributed by atoms with Gasteiger partial charge in [-0.25, -0.2) is 0 Å². The summed E-state index contributed by atoms with van der Waals surface area (Å²) in [6.45, 7) is 14.9. The quantitative estimate of drug-likeness (QED) is 0.0772. The molecule has 0 spiro atoms. The molecule has 3 nitrogen and oxygen atoms in total. The molecule has 1 atom stereocenters. The predicted molar refractivity (Wildman–Crippen MR) is 195 cm³/mol. The Morgan fingerprint density at radius 3 is 1.91 bits per heavy atom. The standard InChI is InChI=1S/C39H46O3.C4H8/c1-4-6-7-8-35-19-20-38(25-34(35)5-2)39-22-21-37(23-29(39)3)36-17-15-31(16-18-36)10-9-30-11-13-32(14-12-30)24-33(26-40)27-42-28-41;1-4(2)3/h11-23,25,28,33,40H,4-10,24,26-27H2,1-3H3;1H2,2-3H3. The molecule has 0 aliphatic heterocycles. The molecule has 0 amide bonds. The third-order valence-electron chi connectivity index (χ3n) is 8.37. The molecule has 0 fully saturated rings. The molecule has 0 aliphatic rings. The van der Waals surface area contributed by atoms with Gasteiger partial charge in [0.25, 0.3) is 6.47 Å². The summed E-state index contributed by atoms with van der Waals surface area (Å²) in [5.41, 5.74) is 14.4. The van der Waals surface area contributed by atoms with Crippen LogP contribution in [0, 0.1) is 12.8 Å². The lowest BCUT2D eigenvalue weighted by Crippen LogP contribution is -2.16. The second-order valence-corrected chi connectivity index (χ2v) is 12.7. The molecule has 0 saturated carbocycles. The molecule has 3 heteroatoms. The van der Waals surface area contributed by atoms with Gasteiger partial charge >= 0.3 is 0 Å². The van der Waals surface area contributed by atoms with E-state index in [-0.39, 0.29) is 19.1 Å². The molecule has 46 heavy (non-hydrogen) atoms. The van der Waals surface area contributed by atoms with Crippen LogP contribution < -0.4 is 0 Å². The fourth-order valence-electron chi connectivity index (χ4n) is 5.78. The van der Waals surface area contributed by atoms with Crippen LogP contribution in [0.1, 0.15) is 80.3 Å². The second kappa shape index (κ2) is 19.5. The van der Waals surface area contributed by atoms with Crippen LogP contribution in [-0.4, -0.2) is 24.8 Å². The van der Waals surface area contributed by atoms with Crippen molar-refractivity contribution in [3.63, 3.8) is 0 Å². The zero-order chi connectivity index (χ0) is 33.3. The molecular formula is C43H54O3. The van der Waals surface area contributed by atoms with E-state index < -0.39 is 0 Å². The minimum absolute atomic E-state index is 0.00212. The summed E-state index contributed by atoms with van der Waals surface area (Å²) in [4.78, 5) is 10.4. The third kappa shape index (κ3) is 11.8. The van der Waals surface area contributed by atoms with Crippen molar-refractivity contribution in [1.82, 2.24) is 0 Å². The molecule has 4 rings (SSSR count).